The highest BCUT2D eigenvalue weighted by atomic mass is 16.5. The molecule has 0 N–H and O–H groups in total. The van der Waals surface area contributed by atoms with Crippen molar-refractivity contribution in [3.05, 3.63) is 35.5 Å². The molecule has 2 aromatic rings. The van der Waals surface area contributed by atoms with Gasteiger partial charge in [0.15, 0.2) is 5.69 Å². The lowest BCUT2D eigenvalue weighted by Gasteiger charge is -2.38. The van der Waals surface area contributed by atoms with E-state index in [0.717, 1.165) is 35.4 Å². The van der Waals surface area contributed by atoms with E-state index in [-0.39, 0.29) is 17.9 Å². The Morgan fingerprint density at radius 3 is 2.70 bits per heavy atom. The summed E-state index contributed by atoms with van der Waals surface area (Å²) in [7, 11) is 3.50. The van der Waals surface area contributed by atoms with E-state index in [9.17, 15) is 9.59 Å². The summed E-state index contributed by atoms with van der Waals surface area (Å²) >= 11 is 0. The molecule has 2 amide bonds. The van der Waals surface area contributed by atoms with Crippen LogP contribution in [0, 0.1) is 0 Å². The van der Waals surface area contributed by atoms with Gasteiger partial charge in [0, 0.05) is 57.9 Å². The van der Waals surface area contributed by atoms with Crippen molar-refractivity contribution in [3.8, 4) is 17.0 Å². The van der Waals surface area contributed by atoms with Gasteiger partial charge < -0.3 is 19.3 Å². The molecule has 0 atom stereocenters. The van der Waals surface area contributed by atoms with Crippen molar-refractivity contribution in [1.29, 1.82) is 0 Å². The molecule has 1 saturated heterocycles. The molecule has 2 aliphatic rings. The minimum absolute atomic E-state index is 0.0534. The van der Waals surface area contributed by atoms with Gasteiger partial charge in [-0.1, -0.05) is 12.1 Å². The summed E-state index contributed by atoms with van der Waals surface area (Å²) in [6.07, 6.45) is 1.51. The molecule has 1 aromatic carbocycles. The van der Waals surface area contributed by atoms with Gasteiger partial charge in [-0.2, -0.15) is 5.10 Å². The van der Waals surface area contributed by atoms with E-state index in [1.807, 2.05) is 41.1 Å². The highest BCUT2D eigenvalue weighted by molar-refractivity contribution is 5.96. The Balaban J connectivity index is 1.63. The molecule has 8 heteroatoms. The SMILES string of the molecule is COCCN(C(=O)c1nn(C)c2c1COc1ccccc1-2)C1CCN(C(C)=O)CC1. The fourth-order valence-corrected chi connectivity index (χ4v) is 4.42. The Labute approximate surface area is 176 Å². The first kappa shape index (κ1) is 20.4. The monoisotopic (exact) mass is 412 g/mol. The average molecular weight is 412 g/mol. The molecule has 0 aliphatic carbocycles. The van der Waals surface area contributed by atoms with E-state index in [2.05, 4.69) is 5.10 Å². The van der Waals surface area contributed by atoms with Gasteiger partial charge in [0.2, 0.25) is 5.91 Å². The number of piperidine rings is 1. The Hall–Kier alpha value is -2.87. The number of carbonyl (C=O) groups excluding carboxylic acids is 2. The third kappa shape index (κ3) is 3.67. The van der Waals surface area contributed by atoms with Gasteiger partial charge in [0.25, 0.3) is 5.91 Å². The Kier molecular flexibility index (Phi) is 5.76. The van der Waals surface area contributed by atoms with Gasteiger partial charge in [-0.3, -0.25) is 14.3 Å². The van der Waals surface area contributed by atoms with Crippen LogP contribution in [0.25, 0.3) is 11.3 Å². The number of carbonyl (C=O) groups is 2. The molecule has 0 unspecified atom stereocenters. The van der Waals surface area contributed by atoms with E-state index in [4.69, 9.17) is 9.47 Å². The number of benzene rings is 1. The van der Waals surface area contributed by atoms with Gasteiger partial charge >= 0.3 is 0 Å². The molecule has 160 valence electrons. The van der Waals surface area contributed by atoms with Crippen LogP contribution < -0.4 is 4.74 Å². The molecule has 30 heavy (non-hydrogen) atoms. The second-order valence-electron chi connectivity index (χ2n) is 7.81. The number of aromatic nitrogens is 2. The van der Waals surface area contributed by atoms with E-state index < -0.39 is 0 Å². The second kappa shape index (κ2) is 8.47. The molecular weight excluding hydrogens is 384 g/mol. The summed E-state index contributed by atoms with van der Waals surface area (Å²) in [6, 6.07) is 7.87. The largest absolute Gasteiger partial charge is 0.488 e. The first-order valence-electron chi connectivity index (χ1n) is 10.3. The quantitative estimate of drug-likeness (QED) is 0.752. The topological polar surface area (TPSA) is 76.9 Å². The number of para-hydroxylation sites is 1. The molecule has 2 aliphatic heterocycles. The Bertz CT molecular complexity index is 947. The van der Waals surface area contributed by atoms with Gasteiger partial charge in [-0.25, -0.2) is 0 Å². The van der Waals surface area contributed by atoms with E-state index >= 15 is 0 Å². The maximum absolute atomic E-state index is 13.6. The zero-order valence-electron chi connectivity index (χ0n) is 17.8. The number of fused-ring (bicyclic) bond motifs is 3. The summed E-state index contributed by atoms with van der Waals surface area (Å²) < 4.78 is 12.9. The Morgan fingerprint density at radius 2 is 2.00 bits per heavy atom. The van der Waals surface area contributed by atoms with Crippen LogP contribution in [-0.4, -0.2) is 70.8 Å². The van der Waals surface area contributed by atoms with Gasteiger partial charge in [0.1, 0.15) is 12.4 Å². The van der Waals surface area contributed by atoms with Crippen LogP contribution in [0.15, 0.2) is 24.3 Å². The molecule has 0 bridgehead atoms. The van der Waals surface area contributed by atoms with Crippen molar-refractivity contribution in [2.45, 2.75) is 32.4 Å². The smallest absolute Gasteiger partial charge is 0.275 e. The summed E-state index contributed by atoms with van der Waals surface area (Å²) in [5, 5.41) is 4.60. The van der Waals surface area contributed by atoms with E-state index in [1.165, 1.54) is 0 Å². The fourth-order valence-electron chi connectivity index (χ4n) is 4.42. The normalized spacial score (nSPS) is 15.9. The van der Waals surface area contributed by atoms with Crippen molar-refractivity contribution >= 4 is 11.8 Å². The summed E-state index contributed by atoms with van der Waals surface area (Å²) in [4.78, 5) is 29.0. The van der Waals surface area contributed by atoms with Gasteiger partial charge in [0.05, 0.1) is 12.3 Å². The van der Waals surface area contributed by atoms with Crippen LogP contribution in [0.3, 0.4) is 0 Å². The van der Waals surface area contributed by atoms with Crippen molar-refractivity contribution in [1.82, 2.24) is 19.6 Å². The average Bonchev–Trinajstić information content (AvgIpc) is 3.11. The predicted octanol–water partition coefficient (Wildman–Crippen LogP) is 2.08. The predicted molar refractivity (Wildman–Crippen MR) is 111 cm³/mol. The van der Waals surface area contributed by atoms with Crippen molar-refractivity contribution in [2.24, 2.45) is 7.05 Å². The highest BCUT2D eigenvalue weighted by Gasteiger charge is 2.34. The first-order valence-corrected chi connectivity index (χ1v) is 10.3. The minimum Gasteiger partial charge on any atom is -0.488 e. The summed E-state index contributed by atoms with van der Waals surface area (Å²) in [5.74, 6) is 0.783. The van der Waals surface area contributed by atoms with Crippen LogP contribution >= 0.6 is 0 Å². The molecule has 3 heterocycles. The van der Waals surface area contributed by atoms with Crippen LogP contribution in [-0.2, 0) is 23.2 Å². The molecule has 4 rings (SSSR count). The standard InChI is InChI=1S/C22H28N4O4/c1-15(27)25-10-8-16(9-11-25)26(12-13-29-3)22(28)20-18-14-30-19-7-5-4-6-17(19)21(18)24(2)23-20/h4-7,16H,8-14H2,1-3H3. The van der Waals surface area contributed by atoms with Crippen molar-refractivity contribution < 1.29 is 19.1 Å². The third-order valence-electron chi connectivity index (χ3n) is 6.01. The molecular formula is C22H28N4O4. The Morgan fingerprint density at radius 1 is 1.27 bits per heavy atom. The third-order valence-corrected chi connectivity index (χ3v) is 6.01. The lowest BCUT2D eigenvalue weighted by atomic mass is 10.00. The molecule has 0 radical (unpaired) electrons. The number of rotatable bonds is 5. The van der Waals surface area contributed by atoms with E-state index in [0.29, 0.717) is 38.5 Å². The van der Waals surface area contributed by atoms with Crippen LogP contribution in [0.5, 0.6) is 5.75 Å². The molecule has 1 fully saturated rings. The summed E-state index contributed by atoms with van der Waals surface area (Å²) in [5.41, 5.74) is 3.14. The van der Waals surface area contributed by atoms with E-state index in [1.54, 1.807) is 18.7 Å². The number of ether oxygens (including phenoxy) is 2. The number of hydrogen-bond acceptors (Lipinski definition) is 5. The number of aryl methyl sites for hydroxylation is 1. The zero-order chi connectivity index (χ0) is 21.3. The number of methoxy groups -OCH3 is 1. The van der Waals surface area contributed by atoms with Crippen LogP contribution in [0.2, 0.25) is 0 Å². The number of amides is 2. The van der Waals surface area contributed by atoms with Crippen molar-refractivity contribution in [3.63, 3.8) is 0 Å². The summed E-state index contributed by atoms with van der Waals surface area (Å²) in [6.45, 7) is 4.17. The van der Waals surface area contributed by atoms with Gasteiger partial charge in [-0.15, -0.1) is 0 Å². The number of nitrogens with zero attached hydrogens (tertiary/aromatic N) is 4. The first-order chi connectivity index (χ1) is 14.5. The molecule has 8 nitrogen and oxygen atoms in total. The molecule has 1 aromatic heterocycles. The molecule has 0 spiro atoms. The second-order valence-corrected chi connectivity index (χ2v) is 7.81. The minimum atomic E-state index is -0.104. The number of hydrogen-bond donors (Lipinski definition) is 0. The maximum atomic E-state index is 13.6. The van der Waals surface area contributed by atoms with Crippen LogP contribution in [0.1, 0.15) is 35.8 Å². The van der Waals surface area contributed by atoms with Gasteiger partial charge in [-0.05, 0) is 25.0 Å². The zero-order valence-corrected chi connectivity index (χ0v) is 17.8. The van der Waals surface area contributed by atoms with Crippen LogP contribution in [0.4, 0.5) is 0 Å². The maximum Gasteiger partial charge on any atom is 0.275 e. The fraction of sp³-hybridized carbons (Fsp3) is 0.500. The molecule has 0 saturated carbocycles. The highest BCUT2D eigenvalue weighted by Crippen LogP contribution is 2.38. The van der Waals surface area contributed by atoms with Crippen molar-refractivity contribution in [2.75, 3.05) is 33.4 Å². The lowest BCUT2D eigenvalue weighted by Crippen LogP contribution is -2.49. The lowest BCUT2D eigenvalue weighted by molar-refractivity contribution is -0.130. The number of likely N-dealkylation sites (tertiary alicyclic amines) is 1.